The minimum atomic E-state index is 1.04. The van der Waals surface area contributed by atoms with E-state index in [1.54, 1.807) is 0 Å². The predicted molar refractivity (Wildman–Crippen MR) is 74.5 cm³/mol. The highest BCUT2D eigenvalue weighted by Crippen LogP contribution is 2.39. The van der Waals surface area contributed by atoms with E-state index >= 15 is 0 Å². The number of fused-ring (bicyclic) bond motifs is 5. The highest BCUT2D eigenvalue weighted by molar-refractivity contribution is 5.97. The summed E-state index contributed by atoms with van der Waals surface area (Å²) in [5.74, 6) is 0. The van der Waals surface area contributed by atoms with Crippen molar-refractivity contribution in [3.05, 3.63) is 60.0 Å². The van der Waals surface area contributed by atoms with E-state index in [-0.39, 0.29) is 0 Å². The zero-order valence-corrected chi connectivity index (χ0v) is 11.2. The first-order valence-electron chi connectivity index (χ1n) is 6.63. The van der Waals surface area contributed by atoms with Crippen molar-refractivity contribution in [1.29, 1.82) is 0 Å². The van der Waals surface area contributed by atoms with Crippen molar-refractivity contribution in [2.45, 2.75) is 6.42 Å². The fourth-order valence-electron chi connectivity index (χ4n) is 3.23. The van der Waals surface area contributed by atoms with Crippen molar-refractivity contribution in [3.63, 3.8) is 0 Å². The summed E-state index contributed by atoms with van der Waals surface area (Å²) < 4.78 is 4.37. The first kappa shape index (κ1) is 10.7. The van der Waals surface area contributed by atoms with Gasteiger partial charge in [-0.15, -0.1) is 0 Å². The van der Waals surface area contributed by atoms with E-state index in [2.05, 4.69) is 72.2 Å². The van der Waals surface area contributed by atoms with E-state index in [1.807, 2.05) is 0 Å². The van der Waals surface area contributed by atoms with Crippen LogP contribution in [0.5, 0.6) is 0 Å². The molecule has 0 bridgehead atoms. The number of rotatable bonds is 0. The molecule has 19 heavy (non-hydrogen) atoms. The van der Waals surface area contributed by atoms with Gasteiger partial charge in [0.25, 0.3) is 0 Å². The summed E-state index contributed by atoms with van der Waals surface area (Å²) in [6.45, 7) is 0. The molecule has 0 N–H and O–H groups in total. The Hall–Kier alpha value is -2.22. The summed E-state index contributed by atoms with van der Waals surface area (Å²) in [7, 11) is 4.22. The van der Waals surface area contributed by atoms with Crippen LogP contribution >= 0.6 is 0 Å². The van der Waals surface area contributed by atoms with Gasteiger partial charge in [-0.05, 0) is 11.6 Å². The highest BCUT2D eigenvalue weighted by atomic mass is 14.9. The van der Waals surface area contributed by atoms with Crippen molar-refractivity contribution in [1.82, 2.24) is 0 Å². The maximum atomic E-state index is 2.28. The molecule has 0 fully saturated rings. The molecule has 0 spiro atoms. The number of benzene rings is 1. The number of pyridine rings is 2. The van der Waals surface area contributed by atoms with Gasteiger partial charge in [0.05, 0.1) is 5.39 Å². The van der Waals surface area contributed by atoms with E-state index in [9.17, 15) is 0 Å². The molecule has 2 heteroatoms. The van der Waals surface area contributed by atoms with Gasteiger partial charge in [-0.2, -0.15) is 0 Å². The Labute approximate surface area is 112 Å². The number of aryl methyl sites for hydroxylation is 2. The smallest absolute Gasteiger partial charge is 0.207 e. The second kappa shape index (κ2) is 3.64. The van der Waals surface area contributed by atoms with Crippen LogP contribution in [-0.2, 0) is 20.5 Å². The van der Waals surface area contributed by atoms with E-state index in [0.717, 1.165) is 6.42 Å². The Morgan fingerprint density at radius 1 is 0.947 bits per heavy atom. The number of aromatic nitrogens is 2. The molecule has 1 aliphatic carbocycles. The van der Waals surface area contributed by atoms with Gasteiger partial charge in [0.1, 0.15) is 14.1 Å². The number of nitrogens with zero attached hydrogens (tertiary/aromatic N) is 2. The predicted octanol–water partition coefficient (Wildman–Crippen LogP) is 2.06. The van der Waals surface area contributed by atoms with Crippen molar-refractivity contribution < 1.29 is 9.13 Å². The van der Waals surface area contributed by atoms with Gasteiger partial charge in [-0.1, -0.05) is 12.1 Å². The molecule has 2 aromatic heterocycles. The van der Waals surface area contributed by atoms with Gasteiger partial charge >= 0.3 is 0 Å². The largest absolute Gasteiger partial charge is 0.212 e. The van der Waals surface area contributed by atoms with Gasteiger partial charge in [-0.3, -0.25) is 0 Å². The molecule has 3 aromatic rings. The molecule has 1 aliphatic rings. The summed E-state index contributed by atoms with van der Waals surface area (Å²) in [4.78, 5) is 0. The molecule has 0 aliphatic heterocycles. The number of hydrogen-bond donors (Lipinski definition) is 0. The topological polar surface area (TPSA) is 7.76 Å². The van der Waals surface area contributed by atoms with Crippen molar-refractivity contribution in [3.8, 4) is 11.1 Å². The zero-order valence-electron chi connectivity index (χ0n) is 11.2. The van der Waals surface area contributed by atoms with Crippen molar-refractivity contribution in [2.75, 3.05) is 0 Å². The van der Waals surface area contributed by atoms with Crippen LogP contribution in [0.25, 0.3) is 22.0 Å². The average molecular weight is 248 g/mol. The molecular weight excluding hydrogens is 232 g/mol. The highest BCUT2D eigenvalue weighted by Gasteiger charge is 2.26. The van der Waals surface area contributed by atoms with Crippen LogP contribution in [0.4, 0.5) is 0 Å². The standard InChI is InChI=1S/C17H16N2/c1-18-8-7-14-12(10-18)9-13-11-19(2)16-6-4-3-5-15(16)17(13)14/h3-8,10-11H,9H2,1-2H3/q+2. The van der Waals surface area contributed by atoms with E-state index in [0.29, 0.717) is 0 Å². The molecular formula is C17H16N2+2. The minimum absolute atomic E-state index is 1.04. The number of para-hydroxylation sites is 1. The second-order valence-corrected chi connectivity index (χ2v) is 5.38. The van der Waals surface area contributed by atoms with Gasteiger partial charge in [-0.25, -0.2) is 9.13 Å². The summed E-state index contributed by atoms with van der Waals surface area (Å²) in [6, 6.07) is 10.9. The van der Waals surface area contributed by atoms with Gasteiger partial charge in [0.2, 0.25) is 5.52 Å². The Morgan fingerprint density at radius 3 is 2.68 bits per heavy atom. The van der Waals surface area contributed by atoms with Gasteiger partial charge in [0.15, 0.2) is 18.6 Å². The zero-order chi connectivity index (χ0) is 13.0. The van der Waals surface area contributed by atoms with Crippen LogP contribution in [0.1, 0.15) is 11.1 Å². The Morgan fingerprint density at radius 2 is 1.79 bits per heavy atom. The van der Waals surface area contributed by atoms with Crippen LogP contribution in [0, 0.1) is 0 Å². The normalized spacial score (nSPS) is 12.5. The third-order valence-corrected chi connectivity index (χ3v) is 4.06. The molecule has 0 saturated heterocycles. The lowest BCUT2D eigenvalue weighted by molar-refractivity contribution is -0.671. The average Bonchev–Trinajstić information content (AvgIpc) is 2.76. The quantitative estimate of drug-likeness (QED) is 0.421. The van der Waals surface area contributed by atoms with Crippen LogP contribution in [-0.4, -0.2) is 0 Å². The van der Waals surface area contributed by atoms with E-state index in [4.69, 9.17) is 0 Å². The van der Waals surface area contributed by atoms with Gasteiger partial charge < -0.3 is 0 Å². The first-order valence-corrected chi connectivity index (χ1v) is 6.63. The fourth-order valence-corrected chi connectivity index (χ4v) is 3.23. The fraction of sp³-hybridized carbons (Fsp3) is 0.176. The van der Waals surface area contributed by atoms with Crippen LogP contribution in [0.15, 0.2) is 48.9 Å². The Bertz CT molecular complexity index is 819. The SMILES string of the molecule is C[n+]1ccc2c(c1)Cc1c[n+](C)c3ccccc3c1-2. The van der Waals surface area contributed by atoms with E-state index in [1.165, 1.54) is 33.2 Å². The molecule has 0 saturated carbocycles. The summed E-state index contributed by atoms with van der Waals surface area (Å²) in [6.07, 6.45) is 7.69. The molecule has 2 nitrogen and oxygen atoms in total. The third kappa shape index (κ3) is 1.43. The van der Waals surface area contributed by atoms with Crippen LogP contribution in [0.2, 0.25) is 0 Å². The van der Waals surface area contributed by atoms with E-state index < -0.39 is 0 Å². The molecule has 0 atom stereocenters. The number of hydrogen-bond acceptors (Lipinski definition) is 0. The molecule has 4 rings (SSSR count). The molecule has 2 heterocycles. The summed E-state index contributed by atoms with van der Waals surface area (Å²) in [5.41, 5.74) is 6.97. The first-order chi connectivity index (χ1) is 9.24. The van der Waals surface area contributed by atoms with Gasteiger partial charge in [0, 0.05) is 35.2 Å². The molecule has 0 radical (unpaired) electrons. The lowest BCUT2D eigenvalue weighted by atomic mass is 10.0. The maximum absolute atomic E-state index is 2.28. The Kier molecular flexibility index (Phi) is 2.05. The molecule has 1 aromatic carbocycles. The maximum Gasteiger partial charge on any atom is 0.212 e. The van der Waals surface area contributed by atoms with Crippen molar-refractivity contribution in [2.24, 2.45) is 14.1 Å². The van der Waals surface area contributed by atoms with Crippen LogP contribution < -0.4 is 9.13 Å². The lowest BCUT2D eigenvalue weighted by Crippen LogP contribution is -2.29. The second-order valence-electron chi connectivity index (χ2n) is 5.38. The molecule has 0 unspecified atom stereocenters. The lowest BCUT2D eigenvalue weighted by Gasteiger charge is -2.04. The summed E-state index contributed by atoms with van der Waals surface area (Å²) in [5, 5.41) is 1.36. The van der Waals surface area contributed by atoms with Crippen molar-refractivity contribution >= 4 is 10.9 Å². The Balaban J connectivity index is 2.14. The molecule has 0 amide bonds. The third-order valence-electron chi connectivity index (χ3n) is 4.06. The minimum Gasteiger partial charge on any atom is -0.207 e. The van der Waals surface area contributed by atoms with Crippen LogP contribution in [0.3, 0.4) is 0 Å². The molecule has 92 valence electrons. The monoisotopic (exact) mass is 248 g/mol. The summed E-state index contributed by atoms with van der Waals surface area (Å²) >= 11 is 0.